The normalized spacial score (nSPS) is 20.2. The van der Waals surface area contributed by atoms with Crippen LogP contribution in [0.3, 0.4) is 0 Å². The van der Waals surface area contributed by atoms with Gasteiger partial charge in [-0.1, -0.05) is 0 Å². The molecule has 0 bridgehead atoms. The third-order valence-corrected chi connectivity index (χ3v) is 6.98. The summed E-state index contributed by atoms with van der Waals surface area (Å²) in [4.78, 5) is 37.0. The zero-order valence-electron chi connectivity index (χ0n) is 16.0. The zero-order chi connectivity index (χ0) is 19.5. The Labute approximate surface area is 166 Å². The molecule has 0 spiro atoms. The van der Waals surface area contributed by atoms with Gasteiger partial charge in [-0.15, -0.1) is 0 Å². The molecule has 1 heterocycles. The third kappa shape index (κ3) is 7.56. The summed E-state index contributed by atoms with van der Waals surface area (Å²) < 4.78 is 7.83. The summed E-state index contributed by atoms with van der Waals surface area (Å²) in [7, 11) is 1.35. The van der Waals surface area contributed by atoms with Crippen LogP contribution in [0.25, 0.3) is 0 Å². The van der Waals surface area contributed by atoms with Crippen molar-refractivity contribution in [3.05, 3.63) is 0 Å². The summed E-state index contributed by atoms with van der Waals surface area (Å²) in [6.45, 7) is 4.80. The number of nitrogens with one attached hydrogen (secondary N) is 3. The van der Waals surface area contributed by atoms with Crippen LogP contribution in [0.4, 0.5) is 0 Å². The van der Waals surface area contributed by atoms with Crippen molar-refractivity contribution in [2.45, 2.75) is 57.7 Å². The fraction of sp³-hybridized carbons (Fsp3) is 0.824. The van der Waals surface area contributed by atoms with Crippen LogP contribution in [0, 0.1) is 5.92 Å². The van der Waals surface area contributed by atoms with Gasteiger partial charge in [0, 0.05) is 0 Å². The molecule has 26 heavy (non-hydrogen) atoms. The zero-order valence-corrected chi connectivity index (χ0v) is 18.5. The quantitative estimate of drug-likeness (QED) is 0.290. The summed E-state index contributed by atoms with van der Waals surface area (Å²) in [5, 5.41) is 6.08. The van der Waals surface area contributed by atoms with Crippen LogP contribution in [-0.2, 0) is 19.1 Å². The summed E-state index contributed by atoms with van der Waals surface area (Å²) in [5.41, 5.74) is 0. The first-order chi connectivity index (χ1) is 12.4. The molecule has 1 saturated heterocycles. The van der Waals surface area contributed by atoms with E-state index >= 15 is 0 Å². The SMILES string of the molecule is CC[C@H](C)[C@H](NC(=O)[C@@H]1CCCN1)C(=O)[Se]N[C@@H](CCSC)C(=O)OC. The molecule has 0 aromatic carbocycles. The molecule has 0 aromatic rings. The van der Waals surface area contributed by atoms with Gasteiger partial charge in [-0.2, -0.15) is 0 Å². The Balaban J connectivity index is 2.65. The van der Waals surface area contributed by atoms with Crippen molar-refractivity contribution in [1.29, 1.82) is 0 Å². The number of methoxy groups -OCH3 is 1. The fourth-order valence-electron chi connectivity index (χ4n) is 2.63. The summed E-state index contributed by atoms with van der Waals surface area (Å²) in [6, 6.07) is -1.22. The van der Waals surface area contributed by atoms with E-state index in [1.807, 2.05) is 20.1 Å². The van der Waals surface area contributed by atoms with Gasteiger partial charge >= 0.3 is 167 Å². The van der Waals surface area contributed by atoms with Crippen molar-refractivity contribution in [3.63, 3.8) is 0 Å². The standard InChI is InChI=1S/C17H31N3O4SSe/c1-5-11(2)14(19-15(21)12-7-6-9-18-12)17(23)26-20-13(8-10-25-4)16(22)24-3/h11-14,18,20H,5-10H2,1-4H3,(H,19,21)/t11-,12-,13-,14-/m0/s1. The maximum absolute atomic E-state index is 12.8. The average Bonchev–Trinajstić information content (AvgIpc) is 3.19. The molecule has 0 radical (unpaired) electrons. The molecule has 1 aliphatic rings. The number of hydrogen-bond acceptors (Lipinski definition) is 7. The van der Waals surface area contributed by atoms with Gasteiger partial charge in [-0.3, -0.25) is 0 Å². The van der Waals surface area contributed by atoms with Gasteiger partial charge in [0.25, 0.3) is 0 Å². The Morgan fingerprint density at radius 2 is 2.12 bits per heavy atom. The Morgan fingerprint density at radius 1 is 1.38 bits per heavy atom. The summed E-state index contributed by atoms with van der Waals surface area (Å²) in [5.74, 6) is 0.381. The molecule has 150 valence electrons. The fourth-order valence-corrected chi connectivity index (χ4v) is 4.97. The van der Waals surface area contributed by atoms with E-state index in [4.69, 9.17) is 4.74 Å². The van der Waals surface area contributed by atoms with Crippen LogP contribution in [0.1, 0.15) is 39.5 Å². The number of esters is 1. The Bertz CT molecular complexity index is 475. The summed E-state index contributed by atoms with van der Waals surface area (Å²) in [6.07, 6.45) is 5.14. The van der Waals surface area contributed by atoms with E-state index in [-0.39, 0.29) is 28.5 Å². The van der Waals surface area contributed by atoms with Gasteiger partial charge in [0.1, 0.15) is 0 Å². The molecule has 7 nitrogen and oxygen atoms in total. The van der Waals surface area contributed by atoms with Crippen LogP contribution in [0.15, 0.2) is 0 Å². The van der Waals surface area contributed by atoms with Crippen molar-refractivity contribution in [1.82, 2.24) is 15.0 Å². The van der Waals surface area contributed by atoms with Crippen LogP contribution in [0.2, 0.25) is 0 Å². The van der Waals surface area contributed by atoms with Gasteiger partial charge < -0.3 is 0 Å². The minimum absolute atomic E-state index is 0.0410. The van der Waals surface area contributed by atoms with Gasteiger partial charge in [-0.05, 0) is 0 Å². The second-order valence-corrected chi connectivity index (χ2v) is 9.17. The van der Waals surface area contributed by atoms with Crippen LogP contribution in [-0.4, -0.2) is 75.5 Å². The van der Waals surface area contributed by atoms with E-state index in [9.17, 15) is 14.4 Å². The number of rotatable bonds is 12. The molecule has 1 amide bonds. The average molecular weight is 452 g/mol. The van der Waals surface area contributed by atoms with E-state index < -0.39 is 27.3 Å². The number of carbonyl (C=O) groups excluding carboxylic acids is 3. The number of ether oxygens (including phenoxy) is 1. The number of hydrogen-bond donors (Lipinski definition) is 3. The summed E-state index contributed by atoms with van der Waals surface area (Å²) >= 11 is 1.03. The predicted molar refractivity (Wildman–Crippen MR) is 105 cm³/mol. The molecule has 9 heteroatoms. The van der Waals surface area contributed by atoms with Crippen molar-refractivity contribution < 1.29 is 19.1 Å². The molecule has 1 rings (SSSR count). The number of carbonyl (C=O) groups is 3. The van der Waals surface area contributed by atoms with Crippen molar-refractivity contribution in [3.8, 4) is 0 Å². The second kappa shape index (κ2) is 12.7. The van der Waals surface area contributed by atoms with Crippen molar-refractivity contribution in [2.24, 2.45) is 5.92 Å². The number of thioether (sulfide) groups is 1. The molecular weight excluding hydrogens is 421 g/mol. The molecule has 0 unspecified atom stereocenters. The van der Waals surface area contributed by atoms with E-state index in [0.717, 1.165) is 31.6 Å². The molecule has 0 saturated carbocycles. The van der Waals surface area contributed by atoms with Gasteiger partial charge in [0.15, 0.2) is 0 Å². The van der Waals surface area contributed by atoms with E-state index in [1.54, 1.807) is 11.8 Å². The second-order valence-electron chi connectivity index (χ2n) is 6.42. The van der Waals surface area contributed by atoms with Crippen molar-refractivity contribution in [2.75, 3.05) is 25.7 Å². The monoisotopic (exact) mass is 453 g/mol. The maximum atomic E-state index is 12.8. The molecule has 4 atom stereocenters. The molecule has 1 aliphatic heterocycles. The van der Waals surface area contributed by atoms with Gasteiger partial charge in [0.2, 0.25) is 0 Å². The first kappa shape index (κ1) is 23.4. The topological polar surface area (TPSA) is 96.5 Å². The minimum atomic E-state index is -0.609. The molecule has 3 N–H and O–H groups in total. The van der Waals surface area contributed by atoms with E-state index in [0.29, 0.717) is 6.42 Å². The third-order valence-electron chi connectivity index (χ3n) is 4.54. The van der Waals surface area contributed by atoms with Crippen LogP contribution in [0.5, 0.6) is 0 Å². The number of amides is 1. The predicted octanol–water partition coefficient (Wildman–Crippen LogP) is 0.299. The molecular formula is C17H31N3O4SSe. The molecule has 0 aliphatic carbocycles. The first-order valence-corrected chi connectivity index (χ1v) is 12.1. The Hall–Kier alpha value is -0.601. The van der Waals surface area contributed by atoms with E-state index in [1.165, 1.54) is 7.11 Å². The molecule has 0 aromatic heterocycles. The van der Waals surface area contributed by atoms with Crippen LogP contribution >= 0.6 is 11.8 Å². The first-order valence-electron chi connectivity index (χ1n) is 9.01. The Morgan fingerprint density at radius 3 is 2.65 bits per heavy atom. The van der Waals surface area contributed by atoms with Crippen LogP contribution < -0.4 is 15.0 Å². The van der Waals surface area contributed by atoms with Gasteiger partial charge in [-0.25, -0.2) is 0 Å². The molecule has 1 fully saturated rings. The van der Waals surface area contributed by atoms with E-state index in [2.05, 4.69) is 15.0 Å². The van der Waals surface area contributed by atoms with Gasteiger partial charge in [0.05, 0.1) is 0 Å². The Kier molecular flexibility index (Phi) is 11.5. The van der Waals surface area contributed by atoms with Crippen molar-refractivity contribution >= 4 is 43.5 Å².